The van der Waals surface area contributed by atoms with Gasteiger partial charge in [-0.25, -0.2) is 0 Å². The molecule has 1 aliphatic rings. The molecule has 98 valence electrons. The maximum Gasteiger partial charge on any atom is 0.305 e. The van der Waals surface area contributed by atoms with E-state index in [1.807, 2.05) is 18.2 Å². The molecule has 5 nitrogen and oxygen atoms in total. The molecule has 0 bridgehead atoms. The minimum Gasteiger partial charge on any atom is -0.497 e. The summed E-state index contributed by atoms with van der Waals surface area (Å²) in [5, 5.41) is 15.3. The van der Waals surface area contributed by atoms with Crippen molar-refractivity contribution < 1.29 is 14.6 Å². The number of ether oxygens (including phenoxy) is 1. The molecule has 0 aliphatic carbocycles. The van der Waals surface area contributed by atoms with E-state index in [1.54, 1.807) is 7.11 Å². The molecule has 18 heavy (non-hydrogen) atoms. The molecule has 0 spiro atoms. The molecule has 0 aromatic heterocycles. The maximum atomic E-state index is 10.9. The third-order valence-electron chi connectivity index (χ3n) is 2.93. The summed E-state index contributed by atoms with van der Waals surface area (Å²) in [5.41, 5.74) is 0.446. The summed E-state index contributed by atoms with van der Waals surface area (Å²) in [5.74, 6) is -0.0735. The molecule has 0 atom stereocenters. The molecule has 1 aromatic rings. The number of carbonyl (C=O) groups is 1. The first-order valence-electron chi connectivity index (χ1n) is 5.58. The zero-order valence-corrected chi connectivity index (χ0v) is 11.6. The second-order valence-electron chi connectivity index (χ2n) is 4.46. The summed E-state index contributed by atoms with van der Waals surface area (Å²) in [6.07, 6.45) is 0.0921. The molecule has 1 saturated heterocycles. The van der Waals surface area contributed by atoms with Crippen LogP contribution in [0.4, 0.5) is 5.69 Å². The Morgan fingerprint density at radius 3 is 2.78 bits per heavy atom. The summed E-state index contributed by atoms with van der Waals surface area (Å²) in [6, 6.07) is 5.62. The van der Waals surface area contributed by atoms with E-state index in [-0.39, 0.29) is 6.42 Å². The first-order valence-corrected chi connectivity index (χ1v) is 6.38. The van der Waals surface area contributed by atoms with E-state index >= 15 is 0 Å². The number of nitrogens with one attached hydrogen (secondary N) is 2. The van der Waals surface area contributed by atoms with Crippen LogP contribution in [0, 0.1) is 0 Å². The van der Waals surface area contributed by atoms with E-state index in [0.717, 1.165) is 15.9 Å². The van der Waals surface area contributed by atoms with Gasteiger partial charge in [-0.15, -0.1) is 0 Å². The molecule has 1 heterocycles. The fraction of sp³-hybridized carbons (Fsp3) is 0.417. The van der Waals surface area contributed by atoms with Crippen LogP contribution in [0.1, 0.15) is 6.42 Å². The first-order chi connectivity index (χ1) is 8.53. The van der Waals surface area contributed by atoms with Crippen molar-refractivity contribution in [3.8, 4) is 5.75 Å². The molecule has 3 N–H and O–H groups in total. The Kier molecular flexibility index (Phi) is 3.77. The van der Waals surface area contributed by atoms with Crippen molar-refractivity contribution in [2.24, 2.45) is 0 Å². The number of halogens is 1. The molecule has 0 amide bonds. The van der Waals surface area contributed by atoms with Gasteiger partial charge < -0.3 is 20.5 Å². The van der Waals surface area contributed by atoms with Gasteiger partial charge in [-0.2, -0.15) is 0 Å². The van der Waals surface area contributed by atoms with Crippen LogP contribution in [0.3, 0.4) is 0 Å². The van der Waals surface area contributed by atoms with Crippen LogP contribution in [-0.2, 0) is 4.79 Å². The maximum absolute atomic E-state index is 10.9. The average molecular weight is 315 g/mol. The highest BCUT2D eigenvalue weighted by Crippen LogP contribution is 2.29. The predicted molar refractivity (Wildman–Crippen MR) is 72.2 cm³/mol. The lowest BCUT2D eigenvalue weighted by molar-refractivity contribution is -0.138. The highest BCUT2D eigenvalue weighted by atomic mass is 79.9. The van der Waals surface area contributed by atoms with Crippen LogP contribution in [0.2, 0.25) is 0 Å². The molecular weight excluding hydrogens is 300 g/mol. The number of methoxy groups -OCH3 is 1. The van der Waals surface area contributed by atoms with Gasteiger partial charge in [0, 0.05) is 29.3 Å². The van der Waals surface area contributed by atoms with E-state index in [4.69, 9.17) is 9.84 Å². The van der Waals surface area contributed by atoms with Crippen molar-refractivity contribution in [2.75, 3.05) is 25.5 Å². The van der Waals surface area contributed by atoms with Crippen LogP contribution in [0.5, 0.6) is 5.75 Å². The van der Waals surface area contributed by atoms with E-state index in [1.165, 1.54) is 0 Å². The van der Waals surface area contributed by atoms with Crippen molar-refractivity contribution in [1.29, 1.82) is 0 Å². The smallest absolute Gasteiger partial charge is 0.305 e. The molecule has 6 heteroatoms. The molecule has 0 unspecified atom stereocenters. The van der Waals surface area contributed by atoms with Crippen LogP contribution in [0.15, 0.2) is 22.7 Å². The summed E-state index contributed by atoms with van der Waals surface area (Å²) < 4.78 is 6.07. The lowest BCUT2D eigenvalue weighted by atomic mass is 9.88. The fourth-order valence-electron chi connectivity index (χ4n) is 2.03. The van der Waals surface area contributed by atoms with Gasteiger partial charge in [0.05, 0.1) is 19.1 Å². The Labute approximate surface area is 114 Å². The minimum atomic E-state index is -0.800. The monoisotopic (exact) mass is 314 g/mol. The predicted octanol–water partition coefficient (Wildman–Crippen LogP) is 1.69. The fourth-order valence-corrected chi connectivity index (χ4v) is 2.51. The van der Waals surface area contributed by atoms with Gasteiger partial charge in [0.1, 0.15) is 5.75 Å². The molecule has 2 rings (SSSR count). The molecule has 1 aliphatic heterocycles. The van der Waals surface area contributed by atoms with Crippen molar-refractivity contribution in [1.82, 2.24) is 5.32 Å². The second-order valence-corrected chi connectivity index (χ2v) is 5.37. The molecule has 0 saturated carbocycles. The number of aliphatic carboxylic acids is 1. The number of anilines is 1. The lowest BCUT2D eigenvalue weighted by Gasteiger charge is -2.43. The lowest BCUT2D eigenvalue weighted by Crippen LogP contribution is -2.65. The van der Waals surface area contributed by atoms with E-state index < -0.39 is 11.5 Å². The molecule has 0 radical (unpaired) electrons. The number of hydrogen-bond acceptors (Lipinski definition) is 4. The van der Waals surface area contributed by atoms with Gasteiger partial charge in [-0.3, -0.25) is 4.79 Å². The Morgan fingerprint density at radius 2 is 2.28 bits per heavy atom. The number of rotatable bonds is 5. The minimum absolute atomic E-state index is 0.0921. The van der Waals surface area contributed by atoms with Gasteiger partial charge in [-0.05, 0) is 12.1 Å². The zero-order valence-electron chi connectivity index (χ0n) is 10.00. The molecule has 1 fully saturated rings. The van der Waals surface area contributed by atoms with Crippen LogP contribution >= 0.6 is 15.9 Å². The third kappa shape index (κ3) is 2.94. The van der Waals surface area contributed by atoms with E-state index in [0.29, 0.717) is 13.1 Å². The average Bonchev–Trinajstić information content (AvgIpc) is 2.24. The quantitative estimate of drug-likeness (QED) is 0.771. The topological polar surface area (TPSA) is 70.6 Å². The van der Waals surface area contributed by atoms with Crippen molar-refractivity contribution in [2.45, 2.75) is 12.0 Å². The Morgan fingerprint density at radius 1 is 1.56 bits per heavy atom. The summed E-state index contributed by atoms with van der Waals surface area (Å²) in [6.45, 7) is 1.29. The summed E-state index contributed by atoms with van der Waals surface area (Å²) in [7, 11) is 1.60. The summed E-state index contributed by atoms with van der Waals surface area (Å²) >= 11 is 3.40. The van der Waals surface area contributed by atoms with Crippen LogP contribution < -0.4 is 15.4 Å². The Balaban J connectivity index is 2.16. The number of carboxylic acids is 1. The van der Waals surface area contributed by atoms with Crippen LogP contribution in [0.25, 0.3) is 0 Å². The Hall–Kier alpha value is -1.27. The van der Waals surface area contributed by atoms with Gasteiger partial charge in [-0.1, -0.05) is 15.9 Å². The van der Waals surface area contributed by atoms with Gasteiger partial charge in [0.2, 0.25) is 0 Å². The first kappa shape index (κ1) is 13.2. The zero-order chi connectivity index (χ0) is 13.2. The van der Waals surface area contributed by atoms with Crippen molar-refractivity contribution in [3.05, 3.63) is 22.7 Å². The van der Waals surface area contributed by atoms with Gasteiger partial charge in [0.25, 0.3) is 0 Å². The largest absolute Gasteiger partial charge is 0.497 e. The number of hydrogen-bond donors (Lipinski definition) is 3. The number of benzene rings is 1. The standard InChI is InChI=1S/C12H15BrN2O3/c1-18-10-3-8(13)2-9(4-10)15-12(5-11(16)17)6-14-7-12/h2-4,14-15H,5-7H2,1H3,(H,16,17). The molecular formula is C12H15BrN2O3. The molecule has 1 aromatic carbocycles. The Bertz CT molecular complexity index is 461. The second kappa shape index (κ2) is 5.16. The normalized spacial score (nSPS) is 16.8. The van der Waals surface area contributed by atoms with E-state index in [2.05, 4.69) is 26.6 Å². The van der Waals surface area contributed by atoms with E-state index in [9.17, 15) is 4.79 Å². The van der Waals surface area contributed by atoms with Gasteiger partial charge >= 0.3 is 5.97 Å². The SMILES string of the molecule is COc1cc(Br)cc(NC2(CC(=O)O)CNC2)c1. The van der Waals surface area contributed by atoms with Crippen LogP contribution in [-0.4, -0.2) is 36.8 Å². The summed E-state index contributed by atoms with van der Waals surface area (Å²) in [4.78, 5) is 10.9. The van der Waals surface area contributed by atoms with Gasteiger partial charge in [0.15, 0.2) is 0 Å². The van der Waals surface area contributed by atoms with Crippen molar-refractivity contribution in [3.63, 3.8) is 0 Å². The third-order valence-corrected chi connectivity index (χ3v) is 3.39. The number of carboxylic acid groups (broad SMARTS) is 1. The highest BCUT2D eigenvalue weighted by Gasteiger charge is 2.39. The highest BCUT2D eigenvalue weighted by molar-refractivity contribution is 9.10. The van der Waals surface area contributed by atoms with Crippen molar-refractivity contribution >= 4 is 27.6 Å².